The minimum Gasteiger partial charge on any atom is -0.493 e. The number of benzene rings is 2. The Hall–Kier alpha value is -2.60. The van der Waals surface area contributed by atoms with E-state index in [1.807, 2.05) is 30.3 Å². The maximum Gasteiger partial charge on any atom is 0.224 e. The molecule has 0 radical (unpaired) electrons. The van der Waals surface area contributed by atoms with Gasteiger partial charge in [-0.1, -0.05) is 24.4 Å². The summed E-state index contributed by atoms with van der Waals surface area (Å²) in [5.41, 5.74) is 2.74. The summed E-state index contributed by atoms with van der Waals surface area (Å²) >= 11 is 6.23. The highest BCUT2D eigenvalue weighted by atomic mass is 35.5. The summed E-state index contributed by atoms with van der Waals surface area (Å²) in [5, 5.41) is 3.68. The monoisotopic (exact) mass is 446 g/mol. The predicted octanol–water partition coefficient (Wildman–Crippen LogP) is 5.32. The molecule has 168 valence electrons. The Labute approximate surface area is 189 Å². The zero-order valence-corrected chi connectivity index (χ0v) is 19.3. The highest BCUT2D eigenvalue weighted by molar-refractivity contribution is 6.31. The second-order valence-corrected chi connectivity index (χ2v) is 8.08. The topological polar surface area (TPSA) is 60.0 Å². The van der Waals surface area contributed by atoms with Crippen LogP contribution in [0.2, 0.25) is 5.02 Å². The van der Waals surface area contributed by atoms with Crippen LogP contribution in [0.3, 0.4) is 0 Å². The van der Waals surface area contributed by atoms with Crippen molar-refractivity contribution >= 4 is 28.9 Å². The lowest BCUT2D eigenvalue weighted by molar-refractivity contribution is -0.116. The third-order valence-electron chi connectivity index (χ3n) is 5.54. The van der Waals surface area contributed by atoms with Crippen molar-refractivity contribution in [1.82, 2.24) is 0 Å². The molecule has 0 unspecified atom stereocenters. The molecule has 1 aliphatic rings. The van der Waals surface area contributed by atoms with Crippen LogP contribution < -0.4 is 24.4 Å². The molecule has 31 heavy (non-hydrogen) atoms. The third-order valence-corrected chi connectivity index (χ3v) is 5.78. The standard InChI is InChI=1S/C24H31ClN2O4/c1-29-21-14-17(15-22(30-2)24(21)31-3)8-11-23(28)26-19-16-18(25)9-10-20(19)27-12-6-4-5-7-13-27/h9-10,14-16H,4-8,11-13H2,1-3H3,(H,26,28). The first-order chi connectivity index (χ1) is 15.0. The molecule has 3 rings (SSSR count). The number of carbonyl (C=O) groups is 1. The number of halogens is 1. The van der Waals surface area contributed by atoms with Gasteiger partial charge < -0.3 is 24.4 Å². The van der Waals surface area contributed by atoms with E-state index in [1.165, 1.54) is 12.8 Å². The lowest BCUT2D eigenvalue weighted by Gasteiger charge is -2.25. The van der Waals surface area contributed by atoms with Crippen molar-refractivity contribution in [3.63, 3.8) is 0 Å². The van der Waals surface area contributed by atoms with Gasteiger partial charge in [-0.3, -0.25) is 4.79 Å². The van der Waals surface area contributed by atoms with Gasteiger partial charge in [0.15, 0.2) is 11.5 Å². The summed E-state index contributed by atoms with van der Waals surface area (Å²) in [6.07, 6.45) is 5.70. The van der Waals surface area contributed by atoms with Crippen LogP contribution in [-0.2, 0) is 11.2 Å². The molecular formula is C24H31ClN2O4. The van der Waals surface area contributed by atoms with E-state index in [4.69, 9.17) is 25.8 Å². The van der Waals surface area contributed by atoms with E-state index in [2.05, 4.69) is 10.2 Å². The molecule has 1 N–H and O–H groups in total. The van der Waals surface area contributed by atoms with Gasteiger partial charge >= 0.3 is 0 Å². The summed E-state index contributed by atoms with van der Waals surface area (Å²) < 4.78 is 16.2. The molecule has 0 aromatic heterocycles. The minimum atomic E-state index is -0.0629. The fourth-order valence-electron chi connectivity index (χ4n) is 3.95. The Morgan fingerprint density at radius 1 is 0.968 bits per heavy atom. The molecule has 2 aromatic rings. The molecule has 0 aliphatic carbocycles. The summed E-state index contributed by atoms with van der Waals surface area (Å²) in [6, 6.07) is 9.46. The first-order valence-electron chi connectivity index (χ1n) is 10.7. The molecule has 1 heterocycles. The third kappa shape index (κ3) is 5.97. The molecular weight excluding hydrogens is 416 g/mol. The van der Waals surface area contributed by atoms with Gasteiger partial charge in [0.25, 0.3) is 0 Å². The van der Waals surface area contributed by atoms with Gasteiger partial charge in [0, 0.05) is 24.5 Å². The molecule has 0 bridgehead atoms. The summed E-state index contributed by atoms with van der Waals surface area (Å²) in [4.78, 5) is 15.1. The van der Waals surface area contributed by atoms with Crippen LogP contribution in [0.25, 0.3) is 0 Å². The maximum atomic E-state index is 12.8. The second-order valence-electron chi connectivity index (χ2n) is 7.64. The van der Waals surface area contributed by atoms with Crippen LogP contribution in [0.15, 0.2) is 30.3 Å². The fourth-order valence-corrected chi connectivity index (χ4v) is 4.12. The first-order valence-corrected chi connectivity index (χ1v) is 11.1. The Bertz CT molecular complexity index is 870. The van der Waals surface area contributed by atoms with Crippen LogP contribution in [0.5, 0.6) is 17.2 Å². The number of nitrogens with zero attached hydrogens (tertiary/aromatic N) is 1. The molecule has 2 aromatic carbocycles. The van der Waals surface area contributed by atoms with Crippen LogP contribution in [0.4, 0.5) is 11.4 Å². The second kappa shape index (κ2) is 11.1. The number of rotatable bonds is 8. The molecule has 6 nitrogen and oxygen atoms in total. The normalized spacial score (nSPS) is 14.0. The number of hydrogen-bond donors (Lipinski definition) is 1. The Kier molecular flexibility index (Phi) is 8.29. The quantitative estimate of drug-likeness (QED) is 0.594. The molecule has 0 atom stereocenters. The van der Waals surface area contributed by atoms with Gasteiger partial charge in [0.05, 0.1) is 32.7 Å². The molecule has 1 amide bonds. The lowest BCUT2D eigenvalue weighted by Crippen LogP contribution is -2.25. The van der Waals surface area contributed by atoms with Crippen molar-refractivity contribution in [2.24, 2.45) is 0 Å². The van der Waals surface area contributed by atoms with E-state index in [0.29, 0.717) is 35.1 Å². The number of nitrogens with one attached hydrogen (secondary N) is 1. The summed E-state index contributed by atoms with van der Waals surface area (Å²) in [5.74, 6) is 1.64. The Morgan fingerprint density at radius 2 is 1.61 bits per heavy atom. The lowest BCUT2D eigenvalue weighted by atomic mass is 10.1. The summed E-state index contributed by atoms with van der Waals surface area (Å²) in [6.45, 7) is 1.99. The van der Waals surface area contributed by atoms with Crippen molar-refractivity contribution in [3.8, 4) is 17.2 Å². The molecule has 1 saturated heterocycles. The van der Waals surface area contributed by atoms with Gasteiger partial charge in [0.1, 0.15) is 0 Å². The predicted molar refractivity (Wildman–Crippen MR) is 125 cm³/mol. The van der Waals surface area contributed by atoms with Crippen LogP contribution in [0.1, 0.15) is 37.7 Å². The molecule has 0 saturated carbocycles. The number of methoxy groups -OCH3 is 3. The Morgan fingerprint density at radius 3 is 2.19 bits per heavy atom. The van der Waals surface area contributed by atoms with Gasteiger partial charge in [-0.2, -0.15) is 0 Å². The van der Waals surface area contributed by atoms with Crippen LogP contribution in [0, 0.1) is 0 Å². The summed E-state index contributed by atoms with van der Waals surface area (Å²) in [7, 11) is 4.73. The number of anilines is 2. The van der Waals surface area contributed by atoms with Crippen molar-refractivity contribution in [3.05, 3.63) is 40.9 Å². The van der Waals surface area contributed by atoms with Gasteiger partial charge in [-0.15, -0.1) is 0 Å². The van der Waals surface area contributed by atoms with Crippen molar-refractivity contribution in [2.75, 3.05) is 44.6 Å². The van der Waals surface area contributed by atoms with Crippen molar-refractivity contribution < 1.29 is 19.0 Å². The van der Waals surface area contributed by atoms with E-state index < -0.39 is 0 Å². The minimum absolute atomic E-state index is 0.0629. The molecule has 0 spiro atoms. The SMILES string of the molecule is COc1cc(CCC(=O)Nc2cc(Cl)ccc2N2CCCCCC2)cc(OC)c1OC. The fraction of sp³-hybridized carbons (Fsp3) is 0.458. The molecule has 7 heteroatoms. The average Bonchev–Trinajstić information content (AvgIpc) is 3.06. The zero-order chi connectivity index (χ0) is 22.2. The number of carbonyl (C=O) groups excluding carboxylic acids is 1. The maximum absolute atomic E-state index is 12.8. The zero-order valence-electron chi connectivity index (χ0n) is 18.5. The first kappa shape index (κ1) is 23.1. The molecule has 1 aliphatic heterocycles. The number of aryl methyl sites for hydroxylation is 1. The van der Waals surface area contributed by atoms with E-state index >= 15 is 0 Å². The van der Waals surface area contributed by atoms with E-state index in [0.717, 1.165) is 42.9 Å². The highest BCUT2D eigenvalue weighted by Crippen LogP contribution is 2.38. The number of ether oxygens (including phenoxy) is 3. The average molecular weight is 447 g/mol. The number of hydrogen-bond acceptors (Lipinski definition) is 5. The van der Waals surface area contributed by atoms with E-state index in [9.17, 15) is 4.79 Å². The highest BCUT2D eigenvalue weighted by Gasteiger charge is 2.17. The number of amides is 1. The van der Waals surface area contributed by atoms with Crippen LogP contribution in [-0.4, -0.2) is 40.3 Å². The Balaban J connectivity index is 1.71. The van der Waals surface area contributed by atoms with E-state index in [1.54, 1.807) is 21.3 Å². The van der Waals surface area contributed by atoms with Gasteiger partial charge in [-0.05, 0) is 55.2 Å². The largest absolute Gasteiger partial charge is 0.493 e. The van der Waals surface area contributed by atoms with Crippen LogP contribution >= 0.6 is 11.6 Å². The van der Waals surface area contributed by atoms with Crippen molar-refractivity contribution in [1.29, 1.82) is 0 Å². The molecule has 1 fully saturated rings. The van der Waals surface area contributed by atoms with E-state index in [-0.39, 0.29) is 5.91 Å². The van der Waals surface area contributed by atoms with Gasteiger partial charge in [0.2, 0.25) is 11.7 Å². The van der Waals surface area contributed by atoms with Gasteiger partial charge in [-0.25, -0.2) is 0 Å². The smallest absolute Gasteiger partial charge is 0.224 e. The van der Waals surface area contributed by atoms with Crippen molar-refractivity contribution in [2.45, 2.75) is 38.5 Å².